The molecule has 1 atom stereocenters. The molecule has 16 heavy (non-hydrogen) atoms. The average molecular weight is 224 g/mol. The fourth-order valence-corrected chi connectivity index (χ4v) is 5.17. The van der Waals surface area contributed by atoms with Crippen molar-refractivity contribution in [3.63, 3.8) is 0 Å². The molecule has 92 valence electrons. The van der Waals surface area contributed by atoms with Gasteiger partial charge in [0.25, 0.3) is 0 Å². The van der Waals surface area contributed by atoms with Crippen molar-refractivity contribution in [1.82, 2.24) is 5.43 Å². The van der Waals surface area contributed by atoms with Crippen LogP contribution in [0.25, 0.3) is 0 Å². The van der Waals surface area contributed by atoms with Crippen molar-refractivity contribution in [3.05, 3.63) is 0 Å². The third kappa shape index (κ3) is 1.60. The Balaban J connectivity index is 1.81. The number of nitrogens with two attached hydrogens (primary N) is 1. The van der Waals surface area contributed by atoms with Gasteiger partial charge in [0, 0.05) is 7.11 Å². The molecular weight excluding hydrogens is 200 g/mol. The van der Waals surface area contributed by atoms with E-state index >= 15 is 0 Å². The summed E-state index contributed by atoms with van der Waals surface area (Å²) in [4.78, 5) is 0. The molecule has 4 rings (SSSR count). The zero-order valence-corrected chi connectivity index (χ0v) is 10.2. The monoisotopic (exact) mass is 224 g/mol. The minimum Gasteiger partial charge on any atom is -0.383 e. The molecule has 4 bridgehead atoms. The highest BCUT2D eigenvalue weighted by molar-refractivity contribution is 5.05. The van der Waals surface area contributed by atoms with Crippen LogP contribution in [0.5, 0.6) is 0 Å². The van der Waals surface area contributed by atoms with Gasteiger partial charge in [-0.2, -0.15) is 0 Å². The fraction of sp³-hybridized carbons (Fsp3) is 1.00. The number of nitrogens with one attached hydrogen (secondary N) is 1. The molecule has 0 amide bonds. The van der Waals surface area contributed by atoms with Gasteiger partial charge in [-0.05, 0) is 61.7 Å². The molecule has 4 fully saturated rings. The van der Waals surface area contributed by atoms with Crippen molar-refractivity contribution < 1.29 is 4.74 Å². The molecule has 0 spiro atoms. The molecule has 4 aliphatic rings. The molecule has 0 radical (unpaired) electrons. The topological polar surface area (TPSA) is 47.3 Å². The van der Waals surface area contributed by atoms with Gasteiger partial charge in [0.1, 0.15) is 0 Å². The van der Waals surface area contributed by atoms with Crippen LogP contribution in [0.4, 0.5) is 0 Å². The number of hydrogen-bond acceptors (Lipinski definition) is 3. The van der Waals surface area contributed by atoms with Crippen molar-refractivity contribution in [2.24, 2.45) is 29.0 Å². The largest absolute Gasteiger partial charge is 0.383 e. The predicted octanol–water partition coefficient (Wildman–Crippen LogP) is 1.68. The summed E-state index contributed by atoms with van der Waals surface area (Å²) in [6, 6.07) is 0.367. The second kappa shape index (κ2) is 3.97. The minimum atomic E-state index is 0.367. The lowest BCUT2D eigenvalue weighted by atomic mass is 9.48. The molecule has 0 aromatic carbocycles. The Morgan fingerprint density at radius 2 is 1.69 bits per heavy atom. The molecular formula is C13H24N2O. The first-order chi connectivity index (χ1) is 7.75. The number of rotatable bonds is 4. The van der Waals surface area contributed by atoms with Crippen LogP contribution in [-0.2, 0) is 4.74 Å². The van der Waals surface area contributed by atoms with Gasteiger partial charge in [-0.25, -0.2) is 0 Å². The summed E-state index contributed by atoms with van der Waals surface area (Å²) in [5, 5.41) is 0. The maximum atomic E-state index is 5.75. The average Bonchev–Trinajstić information content (AvgIpc) is 2.23. The summed E-state index contributed by atoms with van der Waals surface area (Å²) in [7, 11) is 1.78. The van der Waals surface area contributed by atoms with E-state index in [0.29, 0.717) is 11.5 Å². The summed E-state index contributed by atoms with van der Waals surface area (Å²) in [6.07, 6.45) is 8.63. The van der Waals surface area contributed by atoms with E-state index in [9.17, 15) is 0 Å². The van der Waals surface area contributed by atoms with Gasteiger partial charge in [-0.1, -0.05) is 0 Å². The van der Waals surface area contributed by atoms with Crippen LogP contribution in [0.1, 0.15) is 38.5 Å². The van der Waals surface area contributed by atoms with Crippen LogP contribution < -0.4 is 11.3 Å². The van der Waals surface area contributed by atoms with E-state index in [1.165, 1.54) is 38.5 Å². The number of hydrazine groups is 1. The van der Waals surface area contributed by atoms with Gasteiger partial charge >= 0.3 is 0 Å². The Morgan fingerprint density at radius 3 is 2.06 bits per heavy atom. The number of ether oxygens (including phenoxy) is 1. The maximum Gasteiger partial charge on any atom is 0.0634 e. The Kier molecular flexibility index (Phi) is 2.73. The smallest absolute Gasteiger partial charge is 0.0634 e. The standard InChI is InChI=1S/C13H24N2O/c1-16-8-12(15-14)13-5-9-2-10(6-13)4-11(3-9)7-13/h9-12,15H,2-8,14H2,1H3. The summed E-state index contributed by atoms with van der Waals surface area (Å²) in [5.74, 6) is 8.71. The number of methoxy groups -OCH3 is 1. The molecule has 0 aliphatic heterocycles. The molecule has 0 saturated heterocycles. The molecule has 0 aromatic rings. The van der Waals surface area contributed by atoms with Crippen LogP contribution in [0.15, 0.2) is 0 Å². The first-order valence-electron chi connectivity index (χ1n) is 6.71. The van der Waals surface area contributed by atoms with Crippen molar-refractivity contribution >= 4 is 0 Å². The van der Waals surface area contributed by atoms with Crippen LogP contribution in [0.3, 0.4) is 0 Å². The second-order valence-electron chi connectivity index (χ2n) is 6.45. The van der Waals surface area contributed by atoms with Crippen molar-refractivity contribution in [1.29, 1.82) is 0 Å². The Morgan fingerprint density at radius 1 is 1.19 bits per heavy atom. The van der Waals surface area contributed by atoms with Gasteiger partial charge in [0.2, 0.25) is 0 Å². The van der Waals surface area contributed by atoms with Gasteiger partial charge in [0.15, 0.2) is 0 Å². The molecule has 3 N–H and O–H groups in total. The molecule has 1 unspecified atom stereocenters. The van der Waals surface area contributed by atoms with E-state index in [-0.39, 0.29) is 0 Å². The van der Waals surface area contributed by atoms with Crippen molar-refractivity contribution in [2.75, 3.05) is 13.7 Å². The van der Waals surface area contributed by atoms with Crippen LogP contribution >= 0.6 is 0 Å². The second-order valence-corrected chi connectivity index (χ2v) is 6.45. The van der Waals surface area contributed by atoms with Gasteiger partial charge in [-0.3, -0.25) is 11.3 Å². The maximum absolute atomic E-state index is 5.75. The molecule has 4 saturated carbocycles. The lowest BCUT2D eigenvalue weighted by molar-refractivity contribution is -0.0855. The van der Waals surface area contributed by atoms with Crippen LogP contribution in [0.2, 0.25) is 0 Å². The molecule has 0 aromatic heterocycles. The lowest BCUT2D eigenvalue weighted by Gasteiger charge is -2.59. The Labute approximate surface area is 98.1 Å². The van der Waals surface area contributed by atoms with Crippen LogP contribution in [-0.4, -0.2) is 19.8 Å². The highest BCUT2D eigenvalue weighted by atomic mass is 16.5. The number of hydrogen-bond donors (Lipinski definition) is 2. The Bertz CT molecular complexity index is 231. The first kappa shape index (κ1) is 11.0. The Hall–Kier alpha value is -0.120. The van der Waals surface area contributed by atoms with E-state index in [1.807, 2.05) is 0 Å². The van der Waals surface area contributed by atoms with Gasteiger partial charge < -0.3 is 4.74 Å². The summed E-state index contributed by atoms with van der Waals surface area (Å²) in [6.45, 7) is 0.767. The van der Waals surface area contributed by atoms with Gasteiger partial charge in [-0.15, -0.1) is 0 Å². The highest BCUT2D eigenvalue weighted by Gasteiger charge is 2.53. The van der Waals surface area contributed by atoms with E-state index in [1.54, 1.807) is 7.11 Å². The predicted molar refractivity (Wildman–Crippen MR) is 63.6 cm³/mol. The highest BCUT2D eigenvalue weighted by Crippen LogP contribution is 2.61. The summed E-state index contributed by atoms with van der Waals surface area (Å²) >= 11 is 0. The molecule has 3 heteroatoms. The minimum absolute atomic E-state index is 0.367. The molecule has 3 nitrogen and oxygen atoms in total. The summed E-state index contributed by atoms with van der Waals surface area (Å²) < 4.78 is 5.34. The zero-order valence-electron chi connectivity index (χ0n) is 10.2. The third-order valence-electron chi connectivity index (χ3n) is 5.36. The van der Waals surface area contributed by atoms with Crippen molar-refractivity contribution in [3.8, 4) is 0 Å². The SMILES string of the molecule is COCC(NN)C12CC3CC(CC(C3)C1)C2. The van der Waals surface area contributed by atoms with Gasteiger partial charge in [0.05, 0.1) is 12.6 Å². The zero-order chi connectivity index (χ0) is 11.2. The van der Waals surface area contributed by atoms with Crippen LogP contribution in [0, 0.1) is 23.2 Å². The fourth-order valence-electron chi connectivity index (χ4n) is 5.17. The summed E-state index contributed by atoms with van der Waals surface area (Å²) in [5.41, 5.74) is 3.49. The van der Waals surface area contributed by atoms with E-state index in [0.717, 1.165) is 24.4 Å². The van der Waals surface area contributed by atoms with Crippen molar-refractivity contribution in [2.45, 2.75) is 44.6 Å². The normalized spacial score (nSPS) is 47.2. The quantitative estimate of drug-likeness (QED) is 0.564. The molecule has 4 aliphatic carbocycles. The molecule has 0 heterocycles. The van der Waals surface area contributed by atoms with E-state index < -0.39 is 0 Å². The van der Waals surface area contributed by atoms with E-state index in [4.69, 9.17) is 10.6 Å². The third-order valence-corrected chi connectivity index (χ3v) is 5.36. The van der Waals surface area contributed by atoms with E-state index in [2.05, 4.69) is 5.43 Å². The first-order valence-corrected chi connectivity index (χ1v) is 6.71. The lowest BCUT2D eigenvalue weighted by Crippen LogP contribution is -2.58.